The van der Waals surface area contributed by atoms with Gasteiger partial charge in [0.2, 0.25) is 10.0 Å². The van der Waals surface area contributed by atoms with Crippen LogP contribution in [0.25, 0.3) is 34.9 Å². The molecule has 1 fully saturated rings. The van der Waals surface area contributed by atoms with Crippen LogP contribution in [0.2, 0.25) is 0 Å². The number of amides is 3. The van der Waals surface area contributed by atoms with Crippen LogP contribution in [-0.4, -0.2) is 132 Å². The quantitative estimate of drug-likeness (QED) is 0.0362. The lowest BCUT2D eigenvalue weighted by Crippen LogP contribution is -2.35. The van der Waals surface area contributed by atoms with Crippen molar-refractivity contribution in [1.82, 2.24) is 19.3 Å². The lowest BCUT2D eigenvalue weighted by atomic mass is 9.91. The van der Waals surface area contributed by atoms with E-state index in [-0.39, 0.29) is 105 Å². The second-order valence-electron chi connectivity index (χ2n) is 24.4. The summed E-state index contributed by atoms with van der Waals surface area (Å²) in [5.74, 6) is -4.27. The Kier molecular flexibility index (Phi) is 19.5. The molecule has 0 spiro atoms. The number of anilines is 3. The Morgan fingerprint density at radius 3 is 1.16 bits per heavy atom. The van der Waals surface area contributed by atoms with Crippen molar-refractivity contribution in [2.45, 2.75) is 137 Å². The molecule has 25 nitrogen and oxygen atoms in total. The second kappa shape index (κ2) is 27.7. The van der Waals surface area contributed by atoms with Gasteiger partial charge in [0.1, 0.15) is 0 Å². The van der Waals surface area contributed by atoms with E-state index < -0.39 is 53.5 Å². The first kappa shape index (κ1) is 68.5. The number of aromatic nitrogens is 3. The molecular formula is C69H69N7O18S3. The molecule has 0 saturated carbocycles. The van der Waals surface area contributed by atoms with Gasteiger partial charge < -0.3 is 46.2 Å². The predicted octanol–water partition coefficient (Wildman–Crippen LogP) is 9.02. The molecule has 28 heteroatoms. The minimum atomic E-state index is -3.69. The number of carboxylic acid groups (broad SMARTS) is 3. The van der Waals surface area contributed by atoms with Crippen LogP contribution in [0, 0.1) is 0 Å². The fourth-order valence-corrected chi connectivity index (χ4v) is 16.5. The van der Waals surface area contributed by atoms with Gasteiger partial charge in [0.05, 0.1) is 37.2 Å². The fourth-order valence-electron chi connectivity index (χ4n) is 13.3. The number of hydrogen-bond acceptors (Lipinski definition) is 15. The van der Waals surface area contributed by atoms with Gasteiger partial charge in [-0.25, -0.2) is 25.3 Å². The Labute approximate surface area is 557 Å². The maximum atomic E-state index is 13.2. The van der Waals surface area contributed by atoms with Crippen molar-refractivity contribution >= 4 is 135 Å². The van der Waals surface area contributed by atoms with E-state index in [1.54, 1.807) is 37.3 Å². The number of carboxylic acids is 3. The number of nitrogens with zero attached hydrogens (tertiary/aromatic N) is 1. The van der Waals surface area contributed by atoms with E-state index in [4.69, 9.17) is 10.2 Å². The highest BCUT2D eigenvalue weighted by Crippen LogP contribution is 2.41. The van der Waals surface area contributed by atoms with E-state index in [9.17, 15) is 73.5 Å². The number of Topliss-reactive ketones (excluding diaryl/α,β-unsaturated/α-hetero) is 3. The van der Waals surface area contributed by atoms with Crippen molar-refractivity contribution in [3.63, 3.8) is 0 Å². The van der Waals surface area contributed by atoms with Gasteiger partial charge in [-0.05, 0) is 160 Å². The highest BCUT2D eigenvalue weighted by Gasteiger charge is 2.35. The number of fused-ring (bicyclic) bond motifs is 6. The maximum Gasteiger partial charge on any atom is 0.303 e. The zero-order chi connectivity index (χ0) is 69.4. The Morgan fingerprint density at radius 2 is 0.814 bits per heavy atom. The summed E-state index contributed by atoms with van der Waals surface area (Å²) in [4.78, 5) is 119. The summed E-state index contributed by atoms with van der Waals surface area (Å²) in [5.41, 5.74) is 10.7. The van der Waals surface area contributed by atoms with Gasteiger partial charge in [0.15, 0.2) is 37.0 Å². The Hall–Kier alpha value is -9.90. The number of aliphatic carboxylic acids is 3. The first-order valence-corrected chi connectivity index (χ1v) is 36.4. The molecule has 3 aromatic carbocycles. The van der Waals surface area contributed by atoms with Crippen LogP contribution in [-0.2, 0) is 97.0 Å². The number of aryl methyl sites for hydroxylation is 3. The molecule has 13 rings (SSSR count). The molecular weight excluding hydrogens is 1310 g/mol. The standard InChI is InChI=1S/C25H27N3O6S.C22H22N2O6S.C22H20N2O6S/c29-22-6-4-5-20-24(22)16(8-10-23(30)31)21(26-20)14-18-17-13-15(7-9-19(17)27-25(18)32)35(33,34)28-11-2-1-3-12-28;2*1-2-31(29,30)12-6-8-16-14(10-12)15(22(28)24-16)11-18-13(7-9-20(26)27)21-17(23-18)4-3-5-19(21)25/h7,9,13-14,26H,1-6,8,10-12H2,(H,27,32)(H,30,31);6,8,10-11,23H,2-5,7,9H2,1H3,(H,24,28)(H,26,27);2,6,8,10-11,23H,1,3-5,7,9H2,(H,24,28)(H,26,27). The normalized spacial score (nSPS) is 17.8. The van der Waals surface area contributed by atoms with Crippen LogP contribution in [0.1, 0.15) is 183 Å². The number of ketones is 3. The number of sulfonamides is 1. The number of piperidine rings is 1. The zero-order valence-corrected chi connectivity index (χ0v) is 55.1. The molecule has 0 bridgehead atoms. The average Bonchev–Trinajstić information content (AvgIpc) is 1.67. The largest absolute Gasteiger partial charge is 0.481 e. The number of aromatic amines is 3. The van der Waals surface area contributed by atoms with Crippen LogP contribution < -0.4 is 16.0 Å². The molecule has 3 aromatic heterocycles. The lowest BCUT2D eigenvalue weighted by Gasteiger charge is -2.26. The van der Waals surface area contributed by atoms with E-state index in [0.717, 1.165) is 41.8 Å². The molecule has 97 heavy (non-hydrogen) atoms. The van der Waals surface area contributed by atoms with Crippen molar-refractivity contribution < 1.29 is 83.7 Å². The third-order valence-electron chi connectivity index (χ3n) is 18.2. The van der Waals surface area contributed by atoms with Crippen LogP contribution in [0.3, 0.4) is 0 Å². The molecule has 3 aliphatic carbocycles. The molecule has 506 valence electrons. The molecule has 0 radical (unpaired) electrons. The number of carbonyl (C=O) groups is 9. The summed E-state index contributed by atoms with van der Waals surface area (Å²) in [7, 11) is -10.8. The zero-order valence-electron chi connectivity index (χ0n) is 52.7. The predicted molar refractivity (Wildman–Crippen MR) is 359 cm³/mol. The topological polar surface area (TPSA) is 403 Å². The van der Waals surface area contributed by atoms with E-state index in [1.807, 2.05) is 0 Å². The van der Waals surface area contributed by atoms with E-state index in [1.165, 1.54) is 46.8 Å². The monoisotopic (exact) mass is 1380 g/mol. The smallest absolute Gasteiger partial charge is 0.303 e. The number of hydrogen-bond donors (Lipinski definition) is 9. The molecule has 7 heterocycles. The fraction of sp³-hybridized carbons (Fsp3) is 0.319. The summed E-state index contributed by atoms with van der Waals surface area (Å²) in [6, 6.07) is 13.4. The Bertz CT molecular complexity index is 4860. The summed E-state index contributed by atoms with van der Waals surface area (Å²) >= 11 is 0. The summed E-state index contributed by atoms with van der Waals surface area (Å²) in [5, 5.41) is 36.5. The number of nitrogens with one attached hydrogen (secondary N) is 6. The molecule has 3 amide bonds. The molecule has 7 aliphatic rings. The first-order chi connectivity index (χ1) is 46.2. The number of carbonyl (C=O) groups excluding carboxylic acids is 6. The van der Waals surface area contributed by atoms with Crippen molar-refractivity contribution in [1.29, 1.82) is 0 Å². The number of sulfone groups is 2. The van der Waals surface area contributed by atoms with Crippen LogP contribution >= 0.6 is 0 Å². The minimum Gasteiger partial charge on any atom is -0.481 e. The molecule has 0 atom stereocenters. The highest BCUT2D eigenvalue weighted by atomic mass is 32.2. The van der Waals surface area contributed by atoms with Crippen molar-refractivity contribution in [3.05, 3.63) is 151 Å². The number of H-pyrrole nitrogens is 3. The Balaban J connectivity index is 0.000000148. The summed E-state index contributed by atoms with van der Waals surface area (Å²) in [6.45, 7) is 5.84. The van der Waals surface area contributed by atoms with Crippen molar-refractivity contribution in [3.8, 4) is 0 Å². The van der Waals surface area contributed by atoms with Gasteiger partial charge in [0, 0.05) is 142 Å². The van der Waals surface area contributed by atoms with E-state index in [2.05, 4.69) is 37.5 Å². The summed E-state index contributed by atoms with van der Waals surface area (Å²) in [6.07, 6.45) is 12.8. The van der Waals surface area contributed by atoms with Crippen LogP contribution in [0.15, 0.2) is 81.3 Å². The van der Waals surface area contributed by atoms with Gasteiger partial charge in [0.25, 0.3) is 17.7 Å². The number of benzene rings is 3. The SMILES string of the molecule is C=CS(=O)(=O)c1ccc2c(c1)C(=Cc1[nH]c3c(c1CCC(=O)O)C(=O)CCC3)C(=O)N2.CCS(=O)(=O)c1ccc2c(c1)C(=Cc1[nH]c3c(c1CCC(=O)O)C(=O)CCC3)C(=O)N2.O=C(O)CCc1c(C=C2C(=O)Nc3ccc(S(=O)(=O)N4CCCCC4)cc32)[nH]c2c1C(=O)CCC2. The minimum absolute atomic E-state index is 0.00992. The van der Waals surface area contributed by atoms with Crippen molar-refractivity contribution in [2.75, 3.05) is 34.8 Å². The van der Waals surface area contributed by atoms with E-state index >= 15 is 0 Å². The van der Waals surface area contributed by atoms with Gasteiger partial charge in [-0.15, -0.1) is 0 Å². The molecule has 1 saturated heterocycles. The maximum absolute atomic E-state index is 13.2. The molecule has 0 unspecified atom stereocenters. The third kappa shape index (κ3) is 14.1. The average molecular weight is 1380 g/mol. The summed E-state index contributed by atoms with van der Waals surface area (Å²) < 4.78 is 76.8. The third-order valence-corrected chi connectivity index (χ3v) is 23.1. The second-order valence-corrected chi connectivity index (χ2v) is 30.5. The van der Waals surface area contributed by atoms with Gasteiger partial charge in [-0.1, -0.05) is 19.9 Å². The number of rotatable bonds is 18. The lowest BCUT2D eigenvalue weighted by molar-refractivity contribution is -0.138. The first-order valence-electron chi connectivity index (χ1n) is 31.8. The Morgan fingerprint density at radius 1 is 0.474 bits per heavy atom. The van der Waals surface area contributed by atoms with E-state index in [0.29, 0.717) is 155 Å². The van der Waals surface area contributed by atoms with Gasteiger partial charge in [-0.2, -0.15) is 4.31 Å². The van der Waals surface area contributed by atoms with Gasteiger partial charge >= 0.3 is 17.9 Å². The van der Waals surface area contributed by atoms with Gasteiger partial charge in [-0.3, -0.25) is 43.2 Å². The van der Waals surface area contributed by atoms with Crippen LogP contribution in [0.4, 0.5) is 17.1 Å². The van der Waals surface area contributed by atoms with Crippen LogP contribution in [0.5, 0.6) is 0 Å². The molecule has 9 N–H and O–H groups in total. The highest BCUT2D eigenvalue weighted by molar-refractivity contribution is 7.94. The van der Waals surface area contributed by atoms with Crippen molar-refractivity contribution in [2.24, 2.45) is 0 Å². The molecule has 4 aliphatic heterocycles. The molecule has 6 aromatic rings.